The van der Waals surface area contributed by atoms with Crippen LogP contribution in [-0.4, -0.2) is 42.3 Å². The fourth-order valence-corrected chi connectivity index (χ4v) is 5.50. The molecule has 2 saturated heterocycles. The van der Waals surface area contributed by atoms with Crippen LogP contribution < -0.4 is 11.2 Å². The van der Waals surface area contributed by atoms with Crippen LogP contribution in [0, 0.1) is 12.3 Å². The first-order chi connectivity index (χ1) is 12.8. The Morgan fingerprint density at radius 1 is 1.29 bits per heavy atom. The molecule has 1 aromatic rings. The van der Waals surface area contributed by atoms with Gasteiger partial charge in [-0.25, -0.2) is 4.79 Å². The Balaban J connectivity index is 1.76. The summed E-state index contributed by atoms with van der Waals surface area (Å²) in [6, 6.07) is 0. The third-order valence-corrected chi connectivity index (χ3v) is 12.0. The second-order valence-electron chi connectivity index (χ2n) is 10.5. The van der Waals surface area contributed by atoms with Crippen molar-refractivity contribution in [1.29, 1.82) is 0 Å². The Hall–Kier alpha value is -1.22. The molecule has 1 saturated carbocycles. The zero-order valence-corrected chi connectivity index (χ0v) is 18.9. The van der Waals surface area contributed by atoms with E-state index in [9.17, 15) is 9.59 Å². The predicted octanol–water partition coefficient (Wildman–Crippen LogP) is 2.70. The fraction of sp³-hybridized carbons (Fsp3) is 0.800. The van der Waals surface area contributed by atoms with Crippen LogP contribution in [0.5, 0.6) is 0 Å². The number of ether oxygens (including phenoxy) is 2. The number of aryl methyl sites for hydroxylation is 1. The SMILES string of the molecule is Cc1cn([C@@H]2O[C@@]3(C4(C)CC4)CO[C@H]2C3O[Si](C)(C)C(C)(C)C)c(=O)[nH]c1=O. The molecule has 1 aliphatic carbocycles. The molecule has 0 spiro atoms. The Labute approximate surface area is 166 Å². The van der Waals surface area contributed by atoms with E-state index >= 15 is 0 Å². The van der Waals surface area contributed by atoms with E-state index in [0.29, 0.717) is 12.2 Å². The fourth-order valence-electron chi connectivity index (χ4n) is 4.19. The molecule has 3 fully saturated rings. The first-order valence-electron chi connectivity index (χ1n) is 10.1. The first kappa shape index (κ1) is 20.1. The number of hydrogen-bond acceptors (Lipinski definition) is 5. The number of aromatic nitrogens is 2. The highest BCUT2D eigenvalue weighted by Crippen LogP contribution is 2.65. The van der Waals surface area contributed by atoms with Gasteiger partial charge in [0.25, 0.3) is 5.56 Å². The van der Waals surface area contributed by atoms with Gasteiger partial charge < -0.3 is 13.9 Å². The van der Waals surface area contributed by atoms with Crippen LogP contribution >= 0.6 is 0 Å². The lowest BCUT2D eigenvalue weighted by Crippen LogP contribution is -2.54. The zero-order chi connectivity index (χ0) is 20.7. The summed E-state index contributed by atoms with van der Waals surface area (Å²) in [4.78, 5) is 26.7. The zero-order valence-electron chi connectivity index (χ0n) is 17.9. The van der Waals surface area contributed by atoms with Crippen LogP contribution in [0.1, 0.15) is 52.3 Å². The third-order valence-electron chi connectivity index (χ3n) is 7.53. The molecule has 8 heteroatoms. The Kier molecular flexibility index (Phi) is 4.23. The standard InChI is InChI=1S/C20H32N2O5Si/c1-12-10-22(17(24)21-15(12)23)16-13-14(27-28(6,7)18(2,3)4)20(26-16,11-25-13)19(5)8-9-19/h10,13-14,16H,8-9,11H2,1-7H3,(H,21,23,24)/t13-,14?,16+,20-/m0/s1. The molecular formula is C20H32N2O5Si. The maximum Gasteiger partial charge on any atom is 0.330 e. The van der Waals surface area contributed by atoms with E-state index in [2.05, 4.69) is 45.8 Å². The molecule has 3 heterocycles. The molecule has 1 N–H and O–H groups in total. The van der Waals surface area contributed by atoms with Crippen molar-refractivity contribution in [2.75, 3.05) is 6.61 Å². The number of rotatable bonds is 4. The van der Waals surface area contributed by atoms with E-state index in [1.807, 2.05) is 0 Å². The smallest absolute Gasteiger partial charge is 0.330 e. The quantitative estimate of drug-likeness (QED) is 0.775. The molecule has 2 bridgehead atoms. The van der Waals surface area contributed by atoms with Gasteiger partial charge >= 0.3 is 5.69 Å². The van der Waals surface area contributed by atoms with Crippen LogP contribution in [0.3, 0.4) is 0 Å². The second kappa shape index (κ2) is 5.90. The van der Waals surface area contributed by atoms with Gasteiger partial charge in [0.1, 0.15) is 17.8 Å². The van der Waals surface area contributed by atoms with Gasteiger partial charge in [0.15, 0.2) is 14.5 Å². The third kappa shape index (κ3) is 2.72. The minimum atomic E-state index is -2.08. The number of nitrogens with zero attached hydrogens (tertiary/aromatic N) is 1. The van der Waals surface area contributed by atoms with E-state index in [4.69, 9.17) is 13.9 Å². The molecule has 0 amide bonds. The van der Waals surface area contributed by atoms with Gasteiger partial charge in [0.05, 0.1) is 6.61 Å². The molecule has 7 nitrogen and oxygen atoms in total. The first-order valence-corrected chi connectivity index (χ1v) is 13.0. The largest absolute Gasteiger partial charge is 0.408 e. The number of aromatic amines is 1. The van der Waals surface area contributed by atoms with E-state index < -0.39 is 25.8 Å². The lowest BCUT2D eigenvalue weighted by atomic mass is 9.83. The van der Waals surface area contributed by atoms with Crippen molar-refractivity contribution in [1.82, 2.24) is 9.55 Å². The van der Waals surface area contributed by atoms with E-state index in [1.54, 1.807) is 13.1 Å². The Morgan fingerprint density at radius 2 is 1.93 bits per heavy atom. The molecule has 2 aliphatic heterocycles. The van der Waals surface area contributed by atoms with Gasteiger partial charge in [-0.15, -0.1) is 0 Å². The van der Waals surface area contributed by atoms with Crippen LogP contribution in [0.15, 0.2) is 15.8 Å². The normalized spacial score (nSPS) is 34.0. The van der Waals surface area contributed by atoms with Crippen molar-refractivity contribution in [3.05, 3.63) is 32.6 Å². The lowest BCUT2D eigenvalue weighted by molar-refractivity contribution is -0.198. The van der Waals surface area contributed by atoms with Crippen LogP contribution in [0.25, 0.3) is 0 Å². The van der Waals surface area contributed by atoms with E-state index in [1.165, 1.54) is 4.57 Å². The van der Waals surface area contributed by atoms with Crippen LogP contribution in [-0.2, 0) is 13.9 Å². The number of H-pyrrole nitrogens is 1. The van der Waals surface area contributed by atoms with E-state index in [-0.39, 0.29) is 28.2 Å². The molecule has 0 radical (unpaired) electrons. The van der Waals surface area contributed by atoms with Crippen LogP contribution in [0.4, 0.5) is 0 Å². The Bertz CT molecular complexity index is 910. The summed E-state index contributed by atoms with van der Waals surface area (Å²) in [5.41, 5.74) is -0.937. The number of nitrogens with one attached hydrogen (secondary N) is 1. The second-order valence-corrected chi connectivity index (χ2v) is 15.3. The summed E-state index contributed by atoms with van der Waals surface area (Å²) < 4.78 is 21.2. The van der Waals surface area contributed by atoms with Crippen molar-refractivity contribution >= 4 is 8.32 Å². The van der Waals surface area contributed by atoms with Crippen LogP contribution in [0.2, 0.25) is 18.1 Å². The van der Waals surface area contributed by atoms with Gasteiger partial charge in [-0.3, -0.25) is 14.3 Å². The van der Waals surface area contributed by atoms with Gasteiger partial charge in [0, 0.05) is 17.2 Å². The molecule has 4 rings (SSSR count). The van der Waals surface area contributed by atoms with Gasteiger partial charge in [-0.2, -0.15) is 0 Å². The molecule has 1 unspecified atom stereocenters. The Morgan fingerprint density at radius 3 is 2.50 bits per heavy atom. The predicted molar refractivity (Wildman–Crippen MR) is 108 cm³/mol. The average molecular weight is 409 g/mol. The van der Waals surface area contributed by atoms with E-state index in [0.717, 1.165) is 12.8 Å². The molecule has 4 atom stereocenters. The number of hydrogen-bond donors (Lipinski definition) is 1. The lowest BCUT2D eigenvalue weighted by Gasteiger charge is -2.43. The van der Waals surface area contributed by atoms with Crippen molar-refractivity contribution < 1.29 is 13.9 Å². The summed E-state index contributed by atoms with van der Waals surface area (Å²) in [6.45, 7) is 15.5. The van der Waals surface area contributed by atoms with Gasteiger partial charge in [-0.1, -0.05) is 27.7 Å². The molecule has 3 aliphatic rings. The molecule has 1 aromatic heterocycles. The summed E-state index contributed by atoms with van der Waals surface area (Å²) >= 11 is 0. The molecule has 156 valence electrons. The summed E-state index contributed by atoms with van der Waals surface area (Å²) in [5, 5.41) is 0.0571. The van der Waals surface area contributed by atoms with Crippen molar-refractivity contribution in [3.8, 4) is 0 Å². The number of fused-ring (bicyclic) bond motifs is 2. The molecular weight excluding hydrogens is 376 g/mol. The van der Waals surface area contributed by atoms with Gasteiger partial charge in [0.2, 0.25) is 0 Å². The maximum atomic E-state index is 12.5. The average Bonchev–Trinajstić information content (AvgIpc) is 3.15. The monoisotopic (exact) mass is 408 g/mol. The highest BCUT2D eigenvalue weighted by atomic mass is 28.4. The minimum absolute atomic E-state index is 0.00955. The van der Waals surface area contributed by atoms with Crippen molar-refractivity contribution in [2.24, 2.45) is 5.41 Å². The summed E-state index contributed by atoms with van der Waals surface area (Å²) in [7, 11) is -2.08. The summed E-state index contributed by atoms with van der Waals surface area (Å²) in [5.74, 6) is 0. The molecule has 0 aromatic carbocycles. The van der Waals surface area contributed by atoms with Crippen molar-refractivity contribution in [2.45, 2.75) is 89.6 Å². The van der Waals surface area contributed by atoms with Gasteiger partial charge in [-0.05, 0) is 37.9 Å². The highest BCUT2D eigenvalue weighted by Gasteiger charge is 2.73. The highest BCUT2D eigenvalue weighted by molar-refractivity contribution is 6.74. The van der Waals surface area contributed by atoms with Crippen molar-refractivity contribution in [3.63, 3.8) is 0 Å². The maximum absolute atomic E-state index is 12.5. The minimum Gasteiger partial charge on any atom is -0.408 e. The summed E-state index contributed by atoms with van der Waals surface area (Å²) in [6.07, 6.45) is 2.52. The molecule has 28 heavy (non-hydrogen) atoms. The topological polar surface area (TPSA) is 82.6 Å².